The van der Waals surface area contributed by atoms with Crippen LogP contribution in [0.4, 0.5) is 0 Å². The Bertz CT molecular complexity index is 391. The van der Waals surface area contributed by atoms with Crippen LogP contribution in [0.2, 0.25) is 0 Å². The second kappa shape index (κ2) is 4.81. The van der Waals surface area contributed by atoms with Gasteiger partial charge in [-0.3, -0.25) is 4.79 Å². The molecular weight excluding hydrogens is 198 g/mol. The number of aliphatic carboxylic acids is 1. The summed E-state index contributed by atoms with van der Waals surface area (Å²) in [7, 11) is 0. The van der Waals surface area contributed by atoms with Crippen molar-refractivity contribution in [2.75, 3.05) is 0 Å². The van der Waals surface area contributed by atoms with Crippen molar-refractivity contribution in [2.45, 2.75) is 12.5 Å². The Hall–Kier alpha value is -2.29. The Kier molecular flexibility index (Phi) is 3.46. The van der Waals surface area contributed by atoms with E-state index in [0.717, 1.165) is 0 Å². The number of terminal acetylenes is 1. The fraction of sp³-hybridized carbons (Fsp3) is 0.222. The van der Waals surface area contributed by atoms with Crippen LogP contribution >= 0.6 is 0 Å². The normalized spacial score (nSPS) is 11.4. The summed E-state index contributed by atoms with van der Waals surface area (Å²) in [5.41, 5.74) is 0.611. The number of aromatic nitrogens is 2. The molecular formula is C9H9N3O3. The lowest BCUT2D eigenvalue weighted by Crippen LogP contribution is -2.41. The number of carbonyl (C=O) groups excluding carboxylic acids is 1. The van der Waals surface area contributed by atoms with E-state index in [1.165, 1.54) is 12.5 Å². The maximum Gasteiger partial charge on any atom is 0.326 e. The predicted molar refractivity (Wildman–Crippen MR) is 50.7 cm³/mol. The van der Waals surface area contributed by atoms with Crippen LogP contribution in [-0.2, 0) is 16.0 Å². The highest BCUT2D eigenvalue weighted by Gasteiger charge is 2.19. The number of nitrogens with zero attached hydrogens (tertiary/aromatic N) is 1. The first-order valence-corrected chi connectivity index (χ1v) is 4.10. The third kappa shape index (κ3) is 3.15. The molecule has 1 aromatic heterocycles. The number of imidazole rings is 1. The molecule has 0 spiro atoms. The van der Waals surface area contributed by atoms with Gasteiger partial charge in [0.1, 0.15) is 6.04 Å². The van der Waals surface area contributed by atoms with Gasteiger partial charge >= 0.3 is 5.97 Å². The fourth-order valence-corrected chi connectivity index (χ4v) is 1.02. The Morgan fingerprint density at radius 2 is 2.47 bits per heavy atom. The molecule has 0 aliphatic carbocycles. The zero-order valence-corrected chi connectivity index (χ0v) is 7.73. The van der Waals surface area contributed by atoms with Crippen molar-refractivity contribution < 1.29 is 14.7 Å². The summed E-state index contributed by atoms with van der Waals surface area (Å²) in [5.74, 6) is -0.103. The second-order valence-electron chi connectivity index (χ2n) is 2.79. The summed E-state index contributed by atoms with van der Waals surface area (Å²) >= 11 is 0. The molecule has 1 heterocycles. The van der Waals surface area contributed by atoms with E-state index in [-0.39, 0.29) is 6.42 Å². The lowest BCUT2D eigenvalue weighted by atomic mass is 10.1. The molecule has 0 saturated carbocycles. The lowest BCUT2D eigenvalue weighted by molar-refractivity contribution is -0.141. The summed E-state index contributed by atoms with van der Waals surface area (Å²) in [6.45, 7) is 0. The Morgan fingerprint density at radius 1 is 1.73 bits per heavy atom. The van der Waals surface area contributed by atoms with E-state index in [1.807, 2.05) is 0 Å². The third-order valence-electron chi connectivity index (χ3n) is 1.71. The van der Waals surface area contributed by atoms with Gasteiger partial charge in [-0.1, -0.05) is 0 Å². The minimum Gasteiger partial charge on any atom is -0.480 e. The van der Waals surface area contributed by atoms with Gasteiger partial charge in [0.15, 0.2) is 0 Å². The number of carbonyl (C=O) groups is 2. The minimum absolute atomic E-state index is 0.114. The maximum absolute atomic E-state index is 10.8. The first kappa shape index (κ1) is 10.8. The van der Waals surface area contributed by atoms with Crippen LogP contribution in [0.3, 0.4) is 0 Å². The number of rotatable bonds is 4. The van der Waals surface area contributed by atoms with Crippen LogP contribution in [0.15, 0.2) is 12.5 Å². The van der Waals surface area contributed by atoms with E-state index in [0.29, 0.717) is 5.69 Å². The molecule has 0 aliphatic rings. The summed E-state index contributed by atoms with van der Waals surface area (Å²) in [5, 5.41) is 11.0. The Balaban J connectivity index is 2.64. The van der Waals surface area contributed by atoms with Crippen molar-refractivity contribution in [2.24, 2.45) is 0 Å². The van der Waals surface area contributed by atoms with Crippen LogP contribution < -0.4 is 5.32 Å². The molecule has 1 atom stereocenters. The number of carboxylic acids is 1. The average Bonchev–Trinajstić information content (AvgIpc) is 2.69. The second-order valence-corrected chi connectivity index (χ2v) is 2.79. The van der Waals surface area contributed by atoms with Crippen molar-refractivity contribution >= 4 is 11.9 Å². The monoisotopic (exact) mass is 207 g/mol. The molecule has 1 aromatic rings. The van der Waals surface area contributed by atoms with Gasteiger partial charge < -0.3 is 15.4 Å². The highest BCUT2D eigenvalue weighted by atomic mass is 16.4. The molecule has 0 unspecified atom stereocenters. The van der Waals surface area contributed by atoms with E-state index < -0.39 is 17.9 Å². The third-order valence-corrected chi connectivity index (χ3v) is 1.71. The average molecular weight is 207 g/mol. The van der Waals surface area contributed by atoms with Gasteiger partial charge in [-0.25, -0.2) is 9.78 Å². The summed E-state index contributed by atoms with van der Waals surface area (Å²) in [6.07, 6.45) is 7.84. The molecule has 6 nitrogen and oxygen atoms in total. The molecule has 0 bridgehead atoms. The minimum atomic E-state index is -1.15. The molecule has 1 amide bonds. The number of aromatic amines is 1. The van der Waals surface area contributed by atoms with Crippen LogP contribution in [0.5, 0.6) is 0 Å². The topological polar surface area (TPSA) is 95.1 Å². The van der Waals surface area contributed by atoms with Crippen molar-refractivity contribution in [1.29, 1.82) is 0 Å². The summed E-state index contributed by atoms with van der Waals surface area (Å²) < 4.78 is 0. The SMILES string of the molecule is C#CC(=O)N[C@H](Cc1cnc[nH]1)C(=O)O. The van der Waals surface area contributed by atoms with Gasteiger partial charge in [0.05, 0.1) is 6.33 Å². The van der Waals surface area contributed by atoms with Crippen LogP contribution in [0.1, 0.15) is 5.69 Å². The molecule has 6 heteroatoms. The van der Waals surface area contributed by atoms with Crippen molar-refractivity contribution in [3.63, 3.8) is 0 Å². The number of hydrogen-bond donors (Lipinski definition) is 3. The van der Waals surface area contributed by atoms with E-state index in [2.05, 4.69) is 15.3 Å². The molecule has 15 heavy (non-hydrogen) atoms. The van der Waals surface area contributed by atoms with Gasteiger partial charge in [0.25, 0.3) is 5.91 Å². The molecule has 0 aromatic carbocycles. The number of amides is 1. The highest BCUT2D eigenvalue weighted by Crippen LogP contribution is 1.98. The standard InChI is InChI=1S/C9H9N3O3/c1-2-8(13)12-7(9(14)15)3-6-4-10-5-11-6/h1,4-5,7H,3H2,(H,10,11)(H,12,13)(H,14,15)/t7-/m1/s1. The van der Waals surface area contributed by atoms with Gasteiger partial charge in [-0.2, -0.15) is 0 Å². The first-order valence-electron chi connectivity index (χ1n) is 4.10. The van der Waals surface area contributed by atoms with E-state index in [9.17, 15) is 9.59 Å². The van der Waals surface area contributed by atoms with E-state index in [1.54, 1.807) is 5.92 Å². The quantitative estimate of drug-likeness (QED) is 0.561. The van der Waals surface area contributed by atoms with Crippen LogP contribution in [0, 0.1) is 12.3 Å². The first-order chi connectivity index (χ1) is 7.13. The van der Waals surface area contributed by atoms with Crippen molar-refractivity contribution in [3.8, 4) is 12.3 Å². The van der Waals surface area contributed by atoms with Gasteiger partial charge in [-0.15, -0.1) is 6.42 Å². The summed E-state index contributed by atoms with van der Waals surface area (Å²) in [6, 6.07) is -1.05. The molecule has 0 fully saturated rings. The van der Waals surface area contributed by atoms with Crippen molar-refractivity contribution in [3.05, 3.63) is 18.2 Å². The maximum atomic E-state index is 10.8. The number of hydrogen-bond acceptors (Lipinski definition) is 3. The highest BCUT2D eigenvalue weighted by molar-refractivity contribution is 5.95. The zero-order valence-electron chi connectivity index (χ0n) is 7.73. The summed E-state index contributed by atoms with van der Waals surface area (Å²) in [4.78, 5) is 28.0. The molecule has 78 valence electrons. The molecule has 1 rings (SSSR count). The largest absolute Gasteiger partial charge is 0.480 e. The van der Waals surface area contributed by atoms with Gasteiger partial charge in [0, 0.05) is 18.3 Å². The Morgan fingerprint density at radius 3 is 2.93 bits per heavy atom. The van der Waals surface area contributed by atoms with Crippen LogP contribution in [-0.4, -0.2) is 33.0 Å². The Labute approximate surface area is 85.7 Å². The number of carboxylic acid groups (broad SMARTS) is 1. The van der Waals surface area contributed by atoms with Crippen LogP contribution in [0.25, 0.3) is 0 Å². The molecule has 0 saturated heterocycles. The number of nitrogens with one attached hydrogen (secondary N) is 2. The number of H-pyrrole nitrogens is 1. The van der Waals surface area contributed by atoms with Gasteiger partial charge in [-0.05, 0) is 5.92 Å². The fourth-order valence-electron chi connectivity index (χ4n) is 1.02. The van der Waals surface area contributed by atoms with E-state index in [4.69, 9.17) is 11.5 Å². The molecule has 3 N–H and O–H groups in total. The molecule has 0 aliphatic heterocycles. The zero-order chi connectivity index (χ0) is 11.3. The predicted octanol–water partition coefficient (Wildman–Crippen LogP) is -0.845. The lowest BCUT2D eigenvalue weighted by Gasteiger charge is -2.10. The van der Waals surface area contributed by atoms with E-state index >= 15 is 0 Å². The van der Waals surface area contributed by atoms with Crippen molar-refractivity contribution in [1.82, 2.24) is 15.3 Å². The smallest absolute Gasteiger partial charge is 0.326 e. The van der Waals surface area contributed by atoms with Gasteiger partial charge in [0.2, 0.25) is 0 Å². The molecule has 0 radical (unpaired) electrons.